The minimum absolute atomic E-state index is 0.339. The van der Waals surface area contributed by atoms with E-state index in [4.69, 9.17) is 5.73 Å². The Kier molecular flexibility index (Phi) is 5.10. The first-order chi connectivity index (χ1) is 8.51. The average Bonchev–Trinajstić information content (AvgIpc) is 2.16. The Morgan fingerprint density at radius 3 is 1.74 bits per heavy atom. The molecule has 0 bridgehead atoms. The minimum Gasteiger partial charge on any atom is -0.327 e. The average molecular weight is 397 g/mol. The lowest BCUT2D eigenvalue weighted by molar-refractivity contribution is -0.289. The molecule has 0 aliphatic carbocycles. The molecule has 1 nitrogen and oxygen atoms in total. The summed E-state index contributed by atoms with van der Waals surface area (Å²) in [5.74, 6) is -3.51. The standard InChI is InChI=1S/C11H10F6IN/c12-10(13,14)9(11(15,16)17)8(19)5-6-1-3-7(18)4-2-6/h1-4,8-9H,5,19H2. The minimum atomic E-state index is -5.40. The van der Waals surface area contributed by atoms with Crippen molar-refractivity contribution in [1.29, 1.82) is 0 Å². The summed E-state index contributed by atoms with van der Waals surface area (Å²) in [6.07, 6.45) is -11.3. The van der Waals surface area contributed by atoms with Crippen molar-refractivity contribution >= 4 is 22.6 Å². The van der Waals surface area contributed by atoms with Crippen LogP contribution in [0.1, 0.15) is 5.56 Å². The highest BCUT2D eigenvalue weighted by molar-refractivity contribution is 14.1. The van der Waals surface area contributed by atoms with Gasteiger partial charge in [-0.3, -0.25) is 0 Å². The second kappa shape index (κ2) is 5.86. The van der Waals surface area contributed by atoms with Crippen molar-refractivity contribution < 1.29 is 26.3 Å². The van der Waals surface area contributed by atoms with Crippen molar-refractivity contribution in [2.75, 3.05) is 0 Å². The molecule has 1 rings (SSSR count). The lowest BCUT2D eigenvalue weighted by Gasteiger charge is -2.28. The van der Waals surface area contributed by atoms with Crippen molar-refractivity contribution in [3.63, 3.8) is 0 Å². The van der Waals surface area contributed by atoms with Crippen LogP contribution >= 0.6 is 22.6 Å². The summed E-state index contributed by atoms with van der Waals surface area (Å²) in [5.41, 5.74) is 5.46. The van der Waals surface area contributed by atoms with Crippen LogP contribution in [0, 0.1) is 9.49 Å². The van der Waals surface area contributed by atoms with E-state index in [1.54, 1.807) is 12.1 Å². The molecule has 1 unspecified atom stereocenters. The summed E-state index contributed by atoms with van der Waals surface area (Å²) in [5, 5.41) is 0. The van der Waals surface area contributed by atoms with E-state index in [1.165, 1.54) is 12.1 Å². The Labute approximate surface area is 119 Å². The molecule has 0 spiro atoms. The van der Waals surface area contributed by atoms with Crippen molar-refractivity contribution in [1.82, 2.24) is 0 Å². The number of hydrogen-bond donors (Lipinski definition) is 1. The zero-order chi connectivity index (χ0) is 14.8. The lowest BCUT2D eigenvalue weighted by Crippen LogP contribution is -2.49. The Morgan fingerprint density at radius 1 is 0.947 bits per heavy atom. The molecule has 8 heteroatoms. The highest BCUT2D eigenvalue weighted by Crippen LogP contribution is 2.41. The van der Waals surface area contributed by atoms with Gasteiger partial charge in [-0.25, -0.2) is 0 Å². The molecule has 1 atom stereocenters. The molecule has 0 saturated heterocycles. The van der Waals surface area contributed by atoms with E-state index in [2.05, 4.69) is 0 Å². The molecule has 19 heavy (non-hydrogen) atoms. The molecule has 0 fully saturated rings. The molecule has 1 aromatic rings. The van der Waals surface area contributed by atoms with Gasteiger partial charge in [0, 0.05) is 9.61 Å². The fourth-order valence-corrected chi connectivity index (χ4v) is 2.04. The van der Waals surface area contributed by atoms with Gasteiger partial charge in [0.1, 0.15) is 0 Å². The Balaban J connectivity index is 2.89. The first-order valence-corrected chi connectivity index (χ1v) is 6.23. The summed E-state index contributed by atoms with van der Waals surface area (Å²) >= 11 is 1.98. The van der Waals surface area contributed by atoms with Gasteiger partial charge in [-0.2, -0.15) is 26.3 Å². The van der Waals surface area contributed by atoms with E-state index in [0.717, 1.165) is 3.57 Å². The maximum Gasteiger partial charge on any atom is 0.402 e. The summed E-state index contributed by atoms with van der Waals surface area (Å²) in [6.45, 7) is 0. The van der Waals surface area contributed by atoms with Gasteiger partial charge in [-0.05, 0) is 46.7 Å². The molecule has 0 aliphatic rings. The van der Waals surface area contributed by atoms with Gasteiger partial charge in [0.15, 0.2) is 5.92 Å². The van der Waals surface area contributed by atoms with Crippen molar-refractivity contribution in [3.05, 3.63) is 33.4 Å². The summed E-state index contributed by atoms with van der Waals surface area (Å²) < 4.78 is 75.4. The topological polar surface area (TPSA) is 26.0 Å². The van der Waals surface area contributed by atoms with Crippen LogP contribution in [0.5, 0.6) is 0 Å². The molecule has 108 valence electrons. The zero-order valence-corrected chi connectivity index (χ0v) is 11.6. The lowest BCUT2D eigenvalue weighted by atomic mass is 9.93. The SMILES string of the molecule is NC(Cc1ccc(I)cc1)C(C(F)(F)F)C(F)(F)F. The van der Waals surface area contributed by atoms with Gasteiger partial charge in [-0.15, -0.1) is 0 Å². The summed E-state index contributed by atoms with van der Waals surface area (Å²) in [7, 11) is 0. The second-order valence-corrected chi connectivity index (χ2v) is 5.30. The molecule has 0 aromatic heterocycles. The van der Waals surface area contributed by atoms with E-state index in [-0.39, 0.29) is 0 Å². The fourth-order valence-electron chi connectivity index (χ4n) is 1.68. The Hall–Kier alpha value is -0.510. The number of hydrogen-bond acceptors (Lipinski definition) is 1. The monoisotopic (exact) mass is 397 g/mol. The van der Waals surface area contributed by atoms with Crippen LogP contribution in [0.3, 0.4) is 0 Å². The van der Waals surface area contributed by atoms with Crippen LogP contribution in [0.4, 0.5) is 26.3 Å². The van der Waals surface area contributed by atoms with Gasteiger partial charge < -0.3 is 5.73 Å². The number of alkyl halides is 6. The van der Waals surface area contributed by atoms with E-state index in [9.17, 15) is 26.3 Å². The van der Waals surface area contributed by atoms with Crippen molar-refractivity contribution in [2.45, 2.75) is 24.8 Å². The third kappa shape index (κ3) is 4.83. The van der Waals surface area contributed by atoms with Gasteiger partial charge in [0.05, 0.1) is 0 Å². The predicted molar refractivity (Wildman–Crippen MR) is 66.4 cm³/mol. The zero-order valence-electron chi connectivity index (χ0n) is 9.39. The highest BCUT2D eigenvalue weighted by atomic mass is 127. The van der Waals surface area contributed by atoms with Crippen LogP contribution in [0.15, 0.2) is 24.3 Å². The van der Waals surface area contributed by atoms with Gasteiger partial charge >= 0.3 is 12.4 Å². The van der Waals surface area contributed by atoms with Crippen molar-refractivity contribution in [2.24, 2.45) is 11.7 Å². The number of rotatable bonds is 3. The predicted octanol–water partition coefficient (Wildman–Crippen LogP) is 3.90. The molecule has 2 N–H and O–H groups in total. The fraction of sp³-hybridized carbons (Fsp3) is 0.455. The molecular weight excluding hydrogens is 387 g/mol. The van der Waals surface area contributed by atoms with Crippen LogP contribution in [0.25, 0.3) is 0 Å². The Morgan fingerprint density at radius 2 is 1.37 bits per heavy atom. The normalized spacial score (nSPS) is 14.8. The molecule has 0 heterocycles. The van der Waals surface area contributed by atoms with Crippen LogP contribution in [-0.2, 0) is 6.42 Å². The van der Waals surface area contributed by atoms with Crippen LogP contribution in [-0.4, -0.2) is 18.4 Å². The largest absolute Gasteiger partial charge is 0.402 e. The third-order valence-corrected chi connectivity index (χ3v) is 3.24. The number of benzene rings is 1. The number of halogens is 7. The molecular formula is C11H10F6IN. The third-order valence-electron chi connectivity index (χ3n) is 2.52. The van der Waals surface area contributed by atoms with E-state index in [1.807, 2.05) is 22.6 Å². The quantitative estimate of drug-likeness (QED) is 0.608. The molecule has 0 radical (unpaired) electrons. The first-order valence-electron chi connectivity index (χ1n) is 5.15. The van der Waals surface area contributed by atoms with Crippen molar-refractivity contribution in [3.8, 4) is 0 Å². The maximum absolute atomic E-state index is 12.4. The van der Waals surface area contributed by atoms with Crippen LogP contribution < -0.4 is 5.73 Å². The van der Waals surface area contributed by atoms with Crippen LogP contribution in [0.2, 0.25) is 0 Å². The Bertz CT molecular complexity index is 397. The molecule has 0 amide bonds. The van der Waals surface area contributed by atoms with E-state index < -0.39 is 30.7 Å². The first kappa shape index (κ1) is 16.5. The van der Waals surface area contributed by atoms with Gasteiger partial charge in [-0.1, -0.05) is 12.1 Å². The maximum atomic E-state index is 12.4. The van der Waals surface area contributed by atoms with Gasteiger partial charge in [0.2, 0.25) is 0 Å². The molecule has 0 saturated carbocycles. The van der Waals surface area contributed by atoms with Gasteiger partial charge in [0.25, 0.3) is 0 Å². The highest BCUT2D eigenvalue weighted by Gasteiger charge is 2.59. The summed E-state index contributed by atoms with van der Waals surface area (Å²) in [6, 6.07) is 4.06. The smallest absolute Gasteiger partial charge is 0.327 e. The summed E-state index contributed by atoms with van der Waals surface area (Å²) in [4.78, 5) is 0. The second-order valence-electron chi connectivity index (χ2n) is 4.06. The molecule has 1 aromatic carbocycles. The van der Waals surface area contributed by atoms with E-state index in [0.29, 0.717) is 5.56 Å². The number of nitrogens with two attached hydrogens (primary N) is 1. The van der Waals surface area contributed by atoms with E-state index >= 15 is 0 Å². The molecule has 0 aliphatic heterocycles.